The van der Waals surface area contributed by atoms with Crippen LogP contribution in [0, 0.1) is 6.92 Å². The highest BCUT2D eigenvalue weighted by molar-refractivity contribution is 7.92. The van der Waals surface area contributed by atoms with E-state index in [0.29, 0.717) is 18.0 Å². The Kier molecular flexibility index (Phi) is 9.97. The number of ether oxygens (including phenoxy) is 1. The van der Waals surface area contributed by atoms with E-state index in [9.17, 15) is 18.0 Å². The van der Waals surface area contributed by atoms with Gasteiger partial charge in [0.1, 0.15) is 18.3 Å². The molecule has 1 atom stereocenters. The van der Waals surface area contributed by atoms with Gasteiger partial charge in [0.15, 0.2) is 0 Å². The molecule has 1 aliphatic carbocycles. The van der Waals surface area contributed by atoms with Crippen LogP contribution >= 0.6 is 0 Å². The predicted octanol–water partition coefficient (Wildman–Crippen LogP) is 4.03. The summed E-state index contributed by atoms with van der Waals surface area (Å²) in [7, 11) is -3.78. The fourth-order valence-corrected chi connectivity index (χ4v) is 5.50. The molecule has 1 aliphatic rings. The van der Waals surface area contributed by atoms with E-state index in [4.69, 9.17) is 4.74 Å². The average molecular weight is 530 g/mol. The number of sulfonamides is 1. The molecule has 0 heterocycles. The summed E-state index contributed by atoms with van der Waals surface area (Å²) in [6, 6.07) is 13.7. The summed E-state index contributed by atoms with van der Waals surface area (Å²) in [6.07, 6.45) is 6.27. The molecule has 0 radical (unpaired) electrons. The van der Waals surface area contributed by atoms with Crippen LogP contribution in [-0.2, 0) is 26.2 Å². The lowest BCUT2D eigenvalue weighted by molar-refractivity contribution is -0.139. The Labute approximate surface area is 221 Å². The van der Waals surface area contributed by atoms with Crippen molar-refractivity contribution in [1.82, 2.24) is 10.2 Å². The molecule has 0 unspecified atom stereocenters. The molecule has 1 saturated carbocycles. The van der Waals surface area contributed by atoms with E-state index in [1.807, 2.05) is 38.1 Å². The maximum absolute atomic E-state index is 13.7. The molecule has 2 aromatic carbocycles. The van der Waals surface area contributed by atoms with Crippen LogP contribution in [0.2, 0.25) is 0 Å². The number of nitrogens with zero attached hydrogens (tertiary/aromatic N) is 2. The molecule has 3 rings (SSSR count). The van der Waals surface area contributed by atoms with Crippen LogP contribution in [0.25, 0.3) is 0 Å². The van der Waals surface area contributed by atoms with Gasteiger partial charge in [-0.15, -0.1) is 0 Å². The third-order valence-electron chi connectivity index (χ3n) is 6.67. The summed E-state index contributed by atoms with van der Waals surface area (Å²) in [5.74, 6) is -0.0629. The van der Waals surface area contributed by atoms with Gasteiger partial charge in [-0.25, -0.2) is 8.42 Å². The van der Waals surface area contributed by atoms with E-state index in [1.54, 1.807) is 31.2 Å². The highest BCUT2D eigenvalue weighted by Gasteiger charge is 2.31. The Bertz CT molecular complexity index is 1160. The van der Waals surface area contributed by atoms with Gasteiger partial charge in [0.05, 0.1) is 18.6 Å². The maximum atomic E-state index is 13.7. The smallest absolute Gasteiger partial charge is 0.244 e. The minimum atomic E-state index is -3.78. The number of anilines is 1. The van der Waals surface area contributed by atoms with Crippen molar-refractivity contribution in [2.45, 2.75) is 71.5 Å². The Morgan fingerprint density at radius 1 is 1.08 bits per heavy atom. The Morgan fingerprint density at radius 2 is 1.76 bits per heavy atom. The van der Waals surface area contributed by atoms with E-state index >= 15 is 0 Å². The fourth-order valence-electron chi connectivity index (χ4n) is 4.65. The van der Waals surface area contributed by atoms with Crippen molar-refractivity contribution < 1.29 is 22.7 Å². The van der Waals surface area contributed by atoms with Gasteiger partial charge in [-0.1, -0.05) is 49.1 Å². The first-order valence-electron chi connectivity index (χ1n) is 12.9. The maximum Gasteiger partial charge on any atom is 0.244 e. The summed E-state index contributed by atoms with van der Waals surface area (Å²) in [5.41, 5.74) is 2.27. The summed E-state index contributed by atoms with van der Waals surface area (Å²) in [4.78, 5) is 28.4. The predicted molar refractivity (Wildman–Crippen MR) is 146 cm³/mol. The number of benzene rings is 2. The number of nitrogens with one attached hydrogen (secondary N) is 1. The first kappa shape index (κ1) is 28.5. The quantitative estimate of drug-likeness (QED) is 0.474. The molecule has 0 saturated heterocycles. The highest BCUT2D eigenvalue weighted by atomic mass is 32.2. The third-order valence-corrected chi connectivity index (χ3v) is 7.81. The van der Waals surface area contributed by atoms with Gasteiger partial charge < -0.3 is 15.0 Å². The van der Waals surface area contributed by atoms with Crippen LogP contribution in [0.4, 0.5) is 5.69 Å². The zero-order chi connectivity index (χ0) is 27.0. The van der Waals surface area contributed by atoms with Gasteiger partial charge in [-0.2, -0.15) is 0 Å². The molecule has 0 bridgehead atoms. The standard InChI is InChI=1S/C28H39N3O5S/c1-5-36-26-16-14-25(15-17-26)31(37(4,34)35)20-27(32)30(19-23-11-9-10-21(2)18-23)22(3)28(33)29-24-12-7-6-8-13-24/h9-11,14-18,22,24H,5-8,12-13,19-20H2,1-4H3,(H,29,33)/t22-/m0/s1. The molecule has 1 fully saturated rings. The lowest BCUT2D eigenvalue weighted by Crippen LogP contribution is -2.52. The van der Waals surface area contributed by atoms with Crippen molar-refractivity contribution in [3.63, 3.8) is 0 Å². The van der Waals surface area contributed by atoms with Gasteiger partial charge in [-0.05, 0) is 63.4 Å². The highest BCUT2D eigenvalue weighted by Crippen LogP contribution is 2.23. The first-order valence-corrected chi connectivity index (χ1v) is 14.8. The lowest BCUT2D eigenvalue weighted by atomic mass is 9.95. The molecule has 0 aliphatic heterocycles. The molecule has 1 N–H and O–H groups in total. The first-order chi connectivity index (χ1) is 17.6. The minimum Gasteiger partial charge on any atom is -0.494 e. The normalized spacial score (nSPS) is 15.0. The summed E-state index contributed by atoms with van der Waals surface area (Å²) >= 11 is 0. The third kappa shape index (κ3) is 8.21. The van der Waals surface area contributed by atoms with Crippen LogP contribution in [-0.4, -0.2) is 56.6 Å². The van der Waals surface area contributed by atoms with Gasteiger partial charge in [0.25, 0.3) is 0 Å². The Morgan fingerprint density at radius 3 is 2.35 bits per heavy atom. The second-order valence-electron chi connectivity index (χ2n) is 9.73. The number of carbonyl (C=O) groups excluding carboxylic acids is 2. The Hall–Kier alpha value is -3.07. The number of hydrogen-bond donors (Lipinski definition) is 1. The second-order valence-corrected chi connectivity index (χ2v) is 11.6. The molecule has 8 nitrogen and oxygen atoms in total. The summed E-state index contributed by atoms with van der Waals surface area (Å²) in [5, 5.41) is 3.11. The van der Waals surface area contributed by atoms with E-state index in [2.05, 4.69) is 5.32 Å². The fraction of sp³-hybridized carbons (Fsp3) is 0.500. The molecular weight excluding hydrogens is 490 g/mol. The van der Waals surface area contributed by atoms with Gasteiger partial charge >= 0.3 is 0 Å². The molecule has 2 amide bonds. The molecule has 0 aromatic heterocycles. The minimum absolute atomic E-state index is 0.107. The lowest BCUT2D eigenvalue weighted by Gasteiger charge is -2.33. The van der Waals surface area contributed by atoms with Crippen LogP contribution in [0.5, 0.6) is 5.75 Å². The summed E-state index contributed by atoms with van der Waals surface area (Å²) in [6.45, 7) is 5.80. The van der Waals surface area contributed by atoms with Crippen molar-refractivity contribution in [1.29, 1.82) is 0 Å². The number of rotatable bonds is 11. The zero-order valence-corrected chi connectivity index (χ0v) is 23.1. The SMILES string of the molecule is CCOc1ccc(N(CC(=O)N(Cc2cccc(C)c2)[C@@H](C)C(=O)NC2CCCCC2)S(C)(=O)=O)cc1. The van der Waals surface area contributed by atoms with Crippen LogP contribution < -0.4 is 14.4 Å². The molecule has 37 heavy (non-hydrogen) atoms. The van der Waals surface area contributed by atoms with E-state index in [0.717, 1.165) is 47.4 Å². The van der Waals surface area contributed by atoms with E-state index in [1.165, 1.54) is 11.3 Å². The molecule has 2 aromatic rings. The number of carbonyl (C=O) groups is 2. The Balaban J connectivity index is 1.85. The number of aryl methyl sites for hydroxylation is 1. The molecule has 9 heteroatoms. The zero-order valence-electron chi connectivity index (χ0n) is 22.3. The van der Waals surface area contributed by atoms with Crippen molar-refractivity contribution >= 4 is 27.5 Å². The van der Waals surface area contributed by atoms with Crippen LogP contribution in [0.15, 0.2) is 48.5 Å². The van der Waals surface area contributed by atoms with Gasteiger partial charge in [0.2, 0.25) is 21.8 Å². The van der Waals surface area contributed by atoms with E-state index in [-0.39, 0.29) is 18.5 Å². The number of amides is 2. The van der Waals surface area contributed by atoms with Crippen molar-refractivity contribution in [3.8, 4) is 5.75 Å². The van der Waals surface area contributed by atoms with Crippen molar-refractivity contribution in [2.75, 3.05) is 23.7 Å². The van der Waals surface area contributed by atoms with Crippen molar-refractivity contribution in [2.24, 2.45) is 0 Å². The van der Waals surface area contributed by atoms with E-state index < -0.39 is 28.5 Å². The molecular formula is C28H39N3O5S. The van der Waals surface area contributed by atoms with Crippen LogP contribution in [0.1, 0.15) is 57.1 Å². The molecule has 0 spiro atoms. The van der Waals surface area contributed by atoms with Crippen molar-refractivity contribution in [3.05, 3.63) is 59.7 Å². The number of hydrogen-bond acceptors (Lipinski definition) is 5. The average Bonchev–Trinajstić information content (AvgIpc) is 2.86. The topological polar surface area (TPSA) is 96.0 Å². The second kappa shape index (κ2) is 12.9. The van der Waals surface area contributed by atoms with Gasteiger partial charge in [-0.3, -0.25) is 13.9 Å². The molecule has 202 valence electrons. The largest absolute Gasteiger partial charge is 0.494 e. The van der Waals surface area contributed by atoms with Crippen LogP contribution in [0.3, 0.4) is 0 Å². The van der Waals surface area contributed by atoms with Gasteiger partial charge in [0, 0.05) is 12.6 Å². The summed E-state index contributed by atoms with van der Waals surface area (Å²) < 4.78 is 32.0. The monoisotopic (exact) mass is 529 g/mol.